The lowest BCUT2D eigenvalue weighted by molar-refractivity contribution is 0.154. The molecule has 0 aliphatic carbocycles. The molecule has 25 heavy (non-hydrogen) atoms. The third-order valence-electron chi connectivity index (χ3n) is 5.09. The van der Waals surface area contributed by atoms with E-state index in [4.69, 9.17) is 11.6 Å². The summed E-state index contributed by atoms with van der Waals surface area (Å²) in [5, 5.41) is 12.7. The van der Waals surface area contributed by atoms with Gasteiger partial charge in [0.15, 0.2) is 0 Å². The van der Waals surface area contributed by atoms with E-state index in [1.807, 2.05) is 31.2 Å². The van der Waals surface area contributed by atoms with Crippen molar-refractivity contribution in [2.45, 2.75) is 32.5 Å². The maximum absolute atomic E-state index is 10.8. The second-order valence-corrected chi connectivity index (χ2v) is 7.37. The van der Waals surface area contributed by atoms with Gasteiger partial charge in [-0.25, -0.2) is 0 Å². The number of pyridine rings is 1. The molecule has 5 heteroatoms. The van der Waals surface area contributed by atoms with Gasteiger partial charge in [0, 0.05) is 46.6 Å². The molecule has 4 nitrogen and oxygen atoms in total. The molecule has 2 aromatic heterocycles. The number of hydrogen-bond acceptors (Lipinski definition) is 3. The molecular formula is C20H22ClN3O. The minimum absolute atomic E-state index is 0.505. The van der Waals surface area contributed by atoms with Gasteiger partial charge in [0.05, 0.1) is 18.2 Å². The highest BCUT2D eigenvalue weighted by Crippen LogP contribution is 2.33. The number of likely N-dealkylation sites (N-methyl/N-ethyl adjacent to an activating group) is 1. The van der Waals surface area contributed by atoms with Crippen molar-refractivity contribution >= 4 is 22.5 Å². The van der Waals surface area contributed by atoms with E-state index in [1.165, 1.54) is 16.6 Å². The van der Waals surface area contributed by atoms with Crippen molar-refractivity contribution in [3.8, 4) is 0 Å². The molecule has 130 valence electrons. The zero-order valence-corrected chi connectivity index (χ0v) is 15.3. The van der Waals surface area contributed by atoms with Gasteiger partial charge in [0.1, 0.15) is 0 Å². The first-order valence-corrected chi connectivity index (χ1v) is 8.99. The topological polar surface area (TPSA) is 41.3 Å². The Labute approximate surface area is 152 Å². The second kappa shape index (κ2) is 6.45. The summed E-state index contributed by atoms with van der Waals surface area (Å²) in [5.74, 6) is 0. The number of aliphatic hydroxyl groups is 1. The molecule has 0 fully saturated rings. The fourth-order valence-corrected chi connectivity index (χ4v) is 3.87. The van der Waals surface area contributed by atoms with Gasteiger partial charge in [-0.2, -0.15) is 0 Å². The van der Waals surface area contributed by atoms with Crippen LogP contribution in [0.2, 0.25) is 5.02 Å². The standard InChI is InChI=1S/C20H22ClN3O/c1-13-3-4-14(10-22-13)20(25)12-24-18-9-15(21)5-6-16(18)17-7-8-23(2)11-19(17)24/h3-6,9-10,20,25H,7-8,11-12H2,1-2H3. The lowest BCUT2D eigenvalue weighted by Crippen LogP contribution is -2.28. The zero-order valence-electron chi connectivity index (χ0n) is 14.5. The van der Waals surface area contributed by atoms with E-state index in [2.05, 4.69) is 27.6 Å². The van der Waals surface area contributed by atoms with Crippen molar-refractivity contribution in [3.05, 3.63) is 64.1 Å². The van der Waals surface area contributed by atoms with E-state index < -0.39 is 6.10 Å². The molecule has 0 saturated heterocycles. The van der Waals surface area contributed by atoms with Crippen LogP contribution in [0.1, 0.15) is 28.6 Å². The molecule has 1 aromatic carbocycles. The van der Waals surface area contributed by atoms with Crippen LogP contribution >= 0.6 is 11.6 Å². The smallest absolute Gasteiger partial charge is 0.0983 e. The van der Waals surface area contributed by atoms with Crippen molar-refractivity contribution in [1.29, 1.82) is 0 Å². The number of halogens is 1. The first-order chi connectivity index (χ1) is 12.0. The van der Waals surface area contributed by atoms with E-state index in [0.29, 0.717) is 6.54 Å². The Kier molecular flexibility index (Phi) is 4.28. The van der Waals surface area contributed by atoms with E-state index in [9.17, 15) is 5.11 Å². The van der Waals surface area contributed by atoms with E-state index in [1.54, 1.807) is 6.20 Å². The van der Waals surface area contributed by atoms with E-state index in [-0.39, 0.29) is 0 Å². The maximum atomic E-state index is 10.8. The summed E-state index contributed by atoms with van der Waals surface area (Å²) < 4.78 is 2.23. The van der Waals surface area contributed by atoms with Crippen LogP contribution in [0.15, 0.2) is 36.5 Å². The van der Waals surface area contributed by atoms with Gasteiger partial charge in [0.25, 0.3) is 0 Å². The number of aliphatic hydroxyl groups excluding tert-OH is 1. The number of hydrogen-bond donors (Lipinski definition) is 1. The molecule has 0 amide bonds. The second-order valence-electron chi connectivity index (χ2n) is 6.93. The monoisotopic (exact) mass is 355 g/mol. The van der Waals surface area contributed by atoms with Gasteiger partial charge in [-0.05, 0) is 44.2 Å². The van der Waals surface area contributed by atoms with Crippen LogP contribution in [0.4, 0.5) is 0 Å². The number of aromatic nitrogens is 2. The molecule has 1 unspecified atom stereocenters. The molecule has 4 rings (SSSR count). The van der Waals surface area contributed by atoms with Gasteiger partial charge >= 0.3 is 0 Å². The summed E-state index contributed by atoms with van der Waals surface area (Å²) in [6, 6.07) is 9.96. The summed E-state index contributed by atoms with van der Waals surface area (Å²) in [6.45, 7) is 4.40. The Balaban J connectivity index is 1.78. The summed E-state index contributed by atoms with van der Waals surface area (Å²) in [6.07, 6.45) is 2.19. The van der Waals surface area contributed by atoms with Gasteiger partial charge in [-0.15, -0.1) is 0 Å². The summed E-state index contributed by atoms with van der Waals surface area (Å²) in [7, 11) is 2.14. The molecule has 3 aromatic rings. The first kappa shape index (κ1) is 16.6. The third-order valence-corrected chi connectivity index (χ3v) is 5.32. The average Bonchev–Trinajstić information content (AvgIpc) is 2.88. The van der Waals surface area contributed by atoms with Gasteiger partial charge in [-0.3, -0.25) is 4.98 Å². The van der Waals surface area contributed by atoms with Gasteiger partial charge in [-0.1, -0.05) is 23.7 Å². The Hall–Kier alpha value is -1.88. The number of benzene rings is 1. The van der Waals surface area contributed by atoms with Crippen LogP contribution in [0.3, 0.4) is 0 Å². The van der Waals surface area contributed by atoms with Crippen molar-refractivity contribution in [2.75, 3.05) is 13.6 Å². The molecule has 0 bridgehead atoms. The van der Waals surface area contributed by atoms with Crippen molar-refractivity contribution in [1.82, 2.24) is 14.5 Å². The lowest BCUT2D eigenvalue weighted by atomic mass is 10.0. The predicted molar refractivity (Wildman–Crippen MR) is 101 cm³/mol. The Morgan fingerprint density at radius 2 is 2.12 bits per heavy atom. The van der Waals surface area contributed by atoms with Crippen LogP contribution in [-0.4, -0.2) is 33.1 Å². The highest BCUT2D eigenvalue weighted by atomic mass is 35.5. The predicted octanol–water partition coefficient (Wildman–Crippen LogP) is 3.72. The first-order valence-electron chi connectivity index (χ1n) is 8.61. The highest BCUT2D eigenvalue weighted by Gasteiger charge is 2.24. The molecule has 1 aliphatic rings. The van der Waals surface area contributed by atoms with Crippen molar-refractivity contribution in [2.24, 2.45) is 0 Å². The molecule has 0 saturated carbocycles. The Bertz CT molecular complexity index is 917. The van der Waals surface area contributed by atoms with Crippen LogP contribution in [-0.2, 0) is 19.5 Å². The molecular weight excluding hydrogens is 334 g/mol. The van der Waals surface area contributed by atoms with Crippen molar-refractivity contribution in [3.63, 3.8) is 0 Å². The highest BCUT2D eigenvalue weighted by molar-refractivity contribution is 6.31. The number of fused-ring (bicyclic) bond motifs is 3. The van der Waals surface area contributed by atoms with Crippen LogP contribution < -0.4 is 0 Å². The van der Waals surface area contributed by atoms with E-state index in [0.717, 1.165) is 41.3 Å². The number of aryl methyl sites for hydroxylation is 1. The van der Waals surface area contributed by atoms with Crippen molar-refractivity contribution < 1.29 is 5.11 Å². The molecule has 3 heterocycles. The zero-order chi connectivity index (χ0) is 17.6. The minimum Gasteiger partial charge on any atom is -0.386 e. The molecule has 0 radical (unpaired) electrons. The van der Waals surface area contributed by atoms with E-state index >= 15 is 0 Å². The largest absolute Gasteiger partial charge is 0.386 e. The number of rotatable bonds is 3. The molecule has 1 atom stereocenters. The van der Waals surface area contributed by atoms with Gasteiger partial charge in [0.2, 0.25) is 0 Å². The summed E-state index contributed by atoms with van der Waals surface area (Å²) in [5.41, 5.74) is 5.57. The molecule has 1 N–H and O–H groups in total. The van der Waals surface area contributed by atoms with Crippen LogP contribution in [0.25, 0.3) is 10.9 Å². The Morgan fingerprint density at radius 1 is 1.28 bits per heavy atom. The molecule has 0 spiro atoms. The third kappa shape index (κ3) is 3.06. The average molecular weight is 356 g/mol. The van der Waals surface area contributed by atoms with Crippen LogP contribution in [0.5, 0.6) is 0 Å². The summed E-state index contributed by atoms with van der Waals surface area (Å²) in [4.78, 5) is 6.63. The lowest BCUT2D eigenvalue weighted by Gasteiger charge is -2.25. The fraction of sp³-hybridized carbons (Fsp3) is 0.350. The maximum Gasteiger partial charge on any atom is 0.0983 e. The Morgan fingerprint density at radius 3 is 2.88 bits per heavy atom. The summed E-state index contributed by atoms with van der Waals surface area (Å²) >= 11 is 6.26. The normalized spacial score (nSPS) is 16.2. The number of nitrogens with zero attached hydrogens (tertiary/aromatic N) is 3. The minimum atomic E-state index is -0.598. The SMILES string of the molecule is Cc1ccc(C(O)Cn2c3c(c4ccc(Cl)cc42)CCN(C)C3)cn1. The fourth-order valence-electron chi connectivity index (χ4n) is 3.71. The van der Waals surface area contributed by atoms with Crippen LogP contribution in [0, 0.1) is 6.92 Å². The molecule has 1 aliphatic heterocycles. The van der Waals surface area contributed by atoms with Gasteiger partial charge < -0.3 is 14.6 Å². The quantitative estimate of drug-likeness (QED) is 0.778.